The lowest BCUT2D eigenvalue weighted by Gasteiger charge is -2.29. The zero-order chi connectivity index (χ0) is 20.4. The zero-order valence-corrected chi connectivity index (χ0v) is 16.7. The Balaban J connectivity index is 1.95. The van der Waals surface area contributed by atoms with Gasteiger partial charge >= 0.3 is 0 Å². The fraction of sp³-hybridized carbons (Fsp3) is 0.391. The van der Waals surface area contributed by atoms with E-state index in [0.29, 0.717) is 13.0 Å². The van der Waals surface area contributed by atoms with Crippen LogP contribution in [0.25, 0.3) is 0 Å². The molecule has 1 heterocycles. The predicted octanol–water partition coefficient (Wildman–Crippen LogP) is 2.67. The highest BCUT2D eigenvalue weighted by molar-refractivity contribution is 6.09. The molecule has 5 heteroatoms. The molecule has 28 heavy (non-hydrogen) atoms. The van der Waals surface area contributed by atoms with Crippen LogP contribution in [0.5, 0.6) is 0 Å². The summed E-state index contributed by atoms with van der Waals surface area (Å²) in [6.45, 7) is 4.11. The van der Waals surface area contributed by atoms with Gasteiger partial charge < -0.3 is 15.3 Å². The molecule has 148 valence electrons. The normalized spacial score (nSPS) is 18.9. The average molecular weight is 380 g/mol. The molecule has 1 aliphatic heterocycles. The predicted molar refractivity (Wildman–Crippen MR) is 110 cm³/mol. The summed E-state index contributed by atoms with van der Waals surface area (Å²) in [6.07, 6.45) is 0.536. The van der Waals surface area contributed by atoms with Crippen LogP contribution < -0.4 is 10.2 Å². The fourth-order valence-corrected chi connectivity index (χ4v) is 3.80. The van der Waals surface area contributed by atoms with Crippen molar-refractivity contribution in [1.82, 2.24) is 5.32 Å². The van der Waals surface area contributed by atoms with Crippen LogP contribution in [0.1, 0.15) is 31.4 Å². The Morgan fingerprint density at radius 1 is 1.11 bits per heavy atom. The second kappa shape index (κ2) is 7.76. The Morgan fingerprint density at radius 2 is 1.75 bits per heavy atom. The molecule has 0 saturated heterocycles. The number of fused-ring (bicyclic) bond motifs is 1. The quantitative estimate of drug-likeness (QED) is 0.776. The van der Waals surface area contributed by atoms with E-state index < -0.39 is 10.8 Å². The minimum Gasteiger partial charge on any atom is -0.396 e. The van der Waals surface area contributed by atoms with Crippen LogP contribution in [-0.4, -0.2) is 37.1 Å². The Morgan fingerprint density at radius 3 is 2.43 bits per heavy atom. The molecule has 0 bridgehead atoms. The van der Waals surface area contributed by atoms with Crippen LogP contribution >= 0.6 is 0 Å². The van der Waals surface area contributed by atoms with Gasteiger partial charge in [-0.25, -0.2) is 0 Å². The molecule has 5 nitrogen and oxygen atoms in total. The third-order valence-corrected chi connectivity index (χ3v) is 5.50. The highest BCUT2D eigenvalue weighted by Gasteiger charge is 2.50. The van der Waals surface area contributed by atoms with Crippen LogP contribution in [0.15, 0.2) is 54.6 Å². The van der Waals surface area contributed by atoms with E-state index in [0.717, 1.165) is 16.8 Å². The molecule has 0 aliphatic carbocycles. The number of nitrogens with one attached hydrogen (secondary N) is 1. The summed E-state index contributed by atoms with van der Waals surface area (Å²) in [5.41, 5.74) is 1.43. The number of hydrogen-bond donors (Lipinski definition) is 2. The van der Waals surface area contributed by atoms with E-state index in [-0.39, 0.29) is 24.8 Å². The van der Waals surface area contributed by atoms with Gasteiger partial charge in [0.1, 0.15) is 0 Å². The number of nitrogens with zero attached hydrogens (tertiary/aromatic N) is 1. The minimum atomic E-state index is -0.930. The van der Waals surface area contributed by atoms with Gasteiger partial charge in [0.15, 0.2) is 0 Å². The fourth-order valence-electron chi connectivity index (χ4n) is 3.80. The van der Waals surface area contributed by atoms with Crippen molar-refractivity contribution in [3.8, 4) is 0 Å². The standard InChI is InChI=1S/C23H28N2O3/c1-22(2,16-26)15-24-20(27)14-23(13-17-9-5-4-6-10-17)18-11-7-8-12-19(18)25(3)21(23)28/h4-12,26H,13-16H2,1-3H3,(H,24,27)/t23-/m0/s1. The average Bonchev–Trinajstić information content (AvgIpc) is 2.90. The third kappa shape index (κ3) is 3.80. The second-order valence-corrected chi connectivity index (χ2v) is 8.40. The van der Waals surface area contributed by atoms with Crippen molar-refractivity contribution in [2.24, 2.45) is 5.41 Å². The van der Waals surface area contributed by atoms with Gasteiger partial charge in [0.05, 0.1) is 5.41 Å². The summed E-state index contributed by atoms with van der Waals surface area (Å²) in [7, 11) is 1.76. The summed E-state index contributed by atoms with van der Waals surface area (Å²) < 4.78 is 0. The van der Waals surface area contributed by atoms with E-state index >= 15 is 0 Å². The van der Waals surface area contributed by atoms with Gasteiger partial charge in [-0.15, -0.1) is 0 Å². The van der Waals surface area contributed by atoms with Gasteiger partial charge in [0, 0.05) is 37.7 Å². The Hall–Kier alpha value is -2.66. The maximum atomic E-state index is 13.4. The lowest BCUT2D eigenvalue weighted by molar-refractivity contribution is -0.129. The number of benzene rings is 2. The SMILES string of the molecule is CN1C(=O)[C@](CC(=O)NCC(C)(C)CO)(Cc2ccccc2)c2ccccc21. The first-order valence-electron chi connectivity index (χ1n) is 9.58. The molecule has 0 fully saturated rings. The number of aliphatic hydroxyl groups is 1. The number of rotatable bonds is 7. The number of carbonyl (C=O) groups excluding carboxylic acids is 2. The Kier molecular flexibility index (Phi) is 5.57. The van der Waals surface area contributed by atoms with Gasteiger partial charge in [0.25, 0.3) is 0 Å². The number of hydrogen-bond acceptors (Lipinski definition) is 3. The van der Waals surface area contributed by atoms with Crippen molar-refractivity contribution in [3.63, 3.8) is 0 Å². The van der Waals surface area contributed by atoms with E-state index in [1.165, 1.54) is 0 Å². The van der Waals surface area contributed by atoms with Crippen molar-refractivity contribution in [2.45, 2.75) is 32.1 Å². The van der Waals surface area contributed by atoms with Crippen molar-refractivity contribution >= 4 is 17.5 Å². The number of para-hydroxylation sites is 1. The molecule has 1 atom stereocenters. The van der Waals surface area contributed by atoms with E-state index in [9.17, 15) is 14.7 Å². The third-order valence-electron chi connectivity index (χ3n) is 5.50. The monoisotopic (exact) mass is 380 g/mol. The molecular weight excluding hydrogens is 352 g/mol. The number of carbonyl (C=O) groups is 2. The summed E-state index contributed by atoms with van der Waals surface area (Å²) in [4.78, 5) is 27.9. The van der Waals surface area contributed by atoms with Crippen LogP contribution in [0.4, 0.5) is 5.69 Å². The van der Waals surface area contributed by atoms with E-state index in [4.69, 9.17) is 0 Å². The molecule has 1 aliphatic rings. The maximum Gasteiger partial charge on any atom is 0.238 e. The summed E-state index contributed by atoms with van der Waals surface area (Å²) >= 11 is 0. The lowest BCUT2D eigenvalue weighted by Crippen LogP contribution is -2.45. The first-order valence-corrected chi connectivity index (χ1v) is 9.58. The number of aliphatic hydroxyl groups excluding tert-OH is 1. The molecule has 2 N–H and O–H groups in total. The Labute approximate surface area is 166 Å². The second-order valence-electron chi connectivity index (χ2n) is 8.40. The summed E-state index contributed by atoms with van der Waals surface area (Å²) in [6, 6.07) is 17.5. The molecule has 2 amide bonds. The van der Waals surface area contributed by atoms with E-state index in [1.54, 1.807) is 11.9 Å². The smallest absolute Gasteiger partial charge is 0.238 e. The molecular formula is C23H28N2O3. The van der Waals surface area contributed by atoms with Gasteiger partial charge in [-0.3, -0.25) is 9.59 Å². The van der Waals surface area contributed by atoms with E-state index in [2.05, 4.69) is 5.32 Å². The first kappa shape index (κ1) is 20.1. The first-order chi connectivity index (χ1) is 13.3. The lowest BCUT2D eigenvalue weighted by atomic mass is 9.73. The molecule has 3 rings (SSSR count). The number of likely N-dealkylation sites (N-methyl/N-ethyl adjacent to an activating group) is 1. The van der Waals surface area contributed by atoms with Gasteiger partial charge in [0.2, 0.25) is 11.8 Å². The molecule has 0 spiro atoms. The molecule has 0 radical (unpaired) electrons. The molecule has 0 unspecified atom stereocenters. The topological polar surface area (TPSA) is 69.6 Å². The van der Waals surface area contributed by atoms with Gasteiger partial charge in [-0.2, -0.15) is 0 Å². The van der Waals surface area contributed by atoms with Crippen LogP contribution in [-0.2, 0) is 21.4 Å². The van der Waals surface area contributed by atoms with Crippen molar-refractivity contribution in [1.29, 1.82) is 0 Å². The molecule has 0 aromatic heterocycles. The van der Waals surface area contributed by atoms with E-state index in [1.807, 2.05) is 68.4 Å². The van der Waals surface area contributed by atoms with Gasteiger partial charge in [-0.05, 0) is 23.6 Å². The summed E-state index contributed by atoms with van der Waals surface area (Å²) in [5.74, 6) is -0.245. The number of amides is 2. The minimum absolute atomic E-state index is 0.0209. The highest BCUT2D eigenvalue weighted by atomic mass is 16.3. The zero-order valence-electron chi connectivity index (χ0n) is 16.7. The molecule has 2 aromatic rings. The van der Waals surface area contributed by atoms with Crippen molar-refractivity contribution in [2.75, 3.05) is 25.1 Å². The molecule has 2 aromatic carbocycles. The van der Waals surface area contributed by atoms with Crippen LogP contribution in [0.2, 0.25) is 0 Å². The van der Waals surface area contributed by atoms with Gasteiger partial charge in [-0.1, -0.05) is 62.4 Å². The largest absolute Gasteiger partial charge is 0.396 e. The molecule has 0 saturated carbocycles. The van der Waals surface area contributed by atoms with Crippen molar-refractivity contribution < 1.29 is 14.7 Å². The van der Waals surface area contributed by atoms with Crippen LogP contribution in [0.3, 0.4) is 0 Å². The number of anilines is 1. The van der Waals surface area contributed by atoms with Crippen molar-refractivity contribution in [3.05, 3.63) is 65.7 Å². The van der Waals surface area contributed by atoms with Crippen LogP contribution in [0, 0.1) is 5.41 Å². The maximum absolute atomic E-state index is 13.4. The highest BCUT2D eigenvalue weighted by Crippen LogP contribution is 2.45. The summed E-state index contributed by atoms with van der Waals surface area (Å²) in [5, 5.41) is 12.3. The Bertz CT molecular complexity index is 863.